The van der Waals surface area contributed by atoms with Crippen LogP contribution in [0.15, 0.2) is 40.0 Å². The zero-order valence-electron chi connectivity index (χ0n) is 11.3. The minimum absolute atomic E-state index is 0.776. The van der Waals surface area contributed by atoms with Crippen molar-refractivity contribution in [1.29, 1.82) is 0 Å². The maximum Gasteiger partial charge on any atom is 0.178 e. The van der Waals surface area contributed by atoms with Gasteiger partial charge in [0.05, 0.1) is 11.2 Å². The van der Waals surface area contributed by atoms with Crippen molar-refractivity contribution in [3.63, 3.8) is 0 Å². The Bertz CT molecular complexity index is 728. The fourth-order valence-corrected chi connectivity index (χ4v) is 3.24. The summed E-state index contributed by atoms with van der Waals surface area (Å²) < 4.78 is 1.00. The Morgan fingerprint density at radius 3 is 2.80 bits per heavy atom. The summed E-state index contributed by atoms with van der Waals surface area (Å²) in [6, 6.07) is 10.5. The number of halogens is 1. The topological polar surface area (TPSA) is 41.6 Å². The number of nitrogens with zero attached hydrogens (tertiary/aromatic N) is 2. The van der Waals surface area contributed by atoms with E-state index in [1.807, 2.05) is 13.0 Å². The second-order valence-corrected chi connectivity index (χ2v) is 6.50. The van der Waals surface area contributed by atoms with Crippen LogP contribution in [0.5, 0.6) is 0 Å². The number of aryl methyl sites for hydroxylation is 2. The van der Waals surface area contributed by atoms with E-state index >= 15 is 0 Å². The molecule has 0 bridgehead atoms. The second-order valence-electron chi connectivity index (χ2n) is 4.68. The maximum atomic E-state index is 4.53. The molecule has 0 aliphatic rings. The first kappa shape index (κ1) is 13.6. The van der Waals surface area contributed by atoms with E-state index in [0.717, 1.165) is 32.2 Å². The Morgan fingerprint density at radius 2 is 2.00 bits per heavy atom. The molecule has 5 heteroatoms. The molecular formula is C15H14BrN3S. The van der Waals surface area contributed by atoms with Gasteiger partial charge in [0.2, 0.25) is 0 Å². The van der Waals surface area contributed by atoms with Crippen LogP contribution in [0.1, 0.15) is 16.8 Å². The number of aromatic amines is 1. The number of benzene rings is 1. The van der Waals surface area contributed by atoms with Crippen molar-refractivity contribution in [1.82, 2.24) is 15.0 Å². The second kappa shape index (κ2) is 5.58. The predicted octanol–water partition coefficient (Wildman–Crippen LogP) is 4.63. The molecule has 2 heterocycles. The smallest absolute Gasteiger partial charge is 0.178 e. The van der Waals surface area contributed by atoms with Crippen LogP contribution in [0.3, 0.4) is 0 Å². The van der Waals surface area contributed by atoms with Crippen LogP contribution in [-0.4, -0.2) is 15.0 Å². The monoisotopic (exact) mass is 347 g/mol. The summed E-state index contributed by atoms with van der Waals surface area (Å²) in [6.45, 7) is 4.11. The minimum Gasteiger partial charge on any atom is -0.331 e. The molecule has 3 aromatic rings. The number of H-pyrrole nitrogens is 1. The van der Waals surface area contributed by atoms with Gasteiger partial charge in [0.25, 0.3) is 0 Å². The van der Waals surface area contributed by atoms with Crippen LogP contribution in [-0.2, 0) is 5.75 Å². The van der Waals surface area contributed by atoms with Crippen molar-refractivity contribution in [2.24, 2.45) is 0 Å². The zero-order valence-corrected chi connectivity index (χ0v) is 13.7. The molecule has 0 saturated heterocycles. The molecular weight excluding hydrogens is 334 g/mol. The summed E-state index contributed by atoms with van der Waals surface area (Å²) in [6.07, 6.45) is 0. The fourth-order valence-electron chi connectivity index (χ4n) is 1.97. The molecule has 0 unspecified atom stereocenters. The number of imidazole rings is 1. The molecule has 2 aromatic heterocycles. The molecule has 1 N–H and O–H groups in total. The van der Waals surface area contributed by atoms with Gasteiger partial charge in [-0.3, -0.25) is 0 Å². The molecule has 0 saturated carbocycles. The van der Waals surface area contributed by atoms with Gasteiger partial charge in [0.1, 0.15) is 0 Å². The van der Waals surface area contributed by atoms with Crippen LogP contribution in [0.25, 0.3) is 11.2 Å². The summed E-state index contributed by atoms with van der Waals surface area (Å²) in [5.74, 6) is 0.909. The van der Waals surface area contributed by atoms with Crippen molar-refractivity contribution in [3.05, 3.63) is 51.6 Å². The van der Waals surface area contributed by atoms with E-state index in [1.165, 1.54) is 11.1 Å². The Hall–Kier alpha value is -1.33. The number of thioether (sulfide) groups is 1. The van der Waals surface area contributed by atoms with E-state index in [1.54, 1.807) is 11.8 Å². The number of nitrogens with one attached hydrogen (secondary N) is 1. The summed E-state index contributed by atoms with van der Waals surface area (Å²) in [7, 11) is 0. The SMILES string of the molecule is Cc1ccccc1CSc1nc2nc(C)c(Br)cc2[nH]1. The zero-order chi connectivity index (χ0) is 14.1. The van der Waals surface area contributed by atoms with Gasteiger partial charge >= 0.3 is 0 Å². The van der Waals surface area contributed by atoms with E-state index in [-0.39, 0.29) is 0 Å². The minimum atomic E-state index is 0.776. The molecule has 0 fully saturated rings. The van der Waals surface area contributed by atoms with Crippen molar-refractivity contribution in [2.45, 2.75) is 24.8 Å². The lowest BCUT2D eigenvalue weighted by molar-refractivity contribution is 1.07. The largest absolute Gasteiger partial charge is 0.331 e. The van der Waals surface area contributed by atoms with Crippen LogP contribution >= 0.6 is 27.7 Å². The van der Waals surface area contributed by atoms with Gasteiger partial charge in [-0.15, -0.1) is 0 Å². The average Bonchev–Trinajstić information content (AvgIpc) is 2.80. The number of fused-ring (bicyclic) bond motifs is 1. The molecule has 20 heavy (non-hydrogen) atoms. The van der Waals surface area contributed by atoms with Crippen LogP contribution in [0.2, 0.25) is 0 Å². The quantitative estimate of drug-likeness (QED) is 0.702. The van der Waals surface area contributed by atoms with Crippen LogP contribution in [0, 0.1) is 13.8 Å². The van der Waals surface area contributed by atoms with E-state index in [2.05, 4.69) is 62.1 Å². The fraction of sp³-hybridized carbons (Fsp3) is 0.200. The van der Waals surface area contributed by atoms with Gasteiger partial charge in [0.15, 0.2) is 10.8 Å². The molecule has 102 valence electrons. The highest BCUT2D eigenvalue weighted by atomic mass is 79.9. The Morgan fingerprint density at radius 1 is 1.20 bits per heavy atom. The first-order valence-corrected chi connectivity index (χ1v) is 8.11. The highest BCUT2D eigenvalue weighted by Gasteiger charge is 2.08. The molecule has 1 aromatic carbocycles. The normalized spacial score (nSPS) is 11.2. The lowest BCUT2D eigenvalue weighted by atomic mass is 10.1. The molecule has 0 amide bonds. The summed E-state index contributed by atoms with van der Waals surface area (Å²) in [4.78, 5) is 12.3. The molecule has 3 rings (SSSR count). The van der Waals surface area contributed by atoms with Crippen molar-refractivity contribution >= 4 is 38.9 Å². The number of hydrogen-bond donors (Lipinski definition) is 1. The van der Waals surface area contributed by atoms with Crippen molar-refractivity contribution in [3.8, 4) is 0 Å². The first-order valence-electron chi connectivity index (χ1n) is 6.33. The summed E-state index contributed by atoms with van der Waals surface area (Å²) >= 11 is 5.20. The standard InChI is InChI=1S/C15H14BrN3S/c1-9-5-3-4-6-11(9)8-20-15-18-13-7-12(16)10(2)17-14(13)19-15/h3-7H,8H2,1-2H3,(H,17,18,19). The molecule has 0 radical (unpaired) electrons. The summed E-state index contributed by atoms with van der Waals surface area (Å²) in [5, 5.41) is 0.910. The van der Waals surface area contributed by atoms with E-state index in [9.17, 15) is 0 Å². The first-order chi connectivity index (χ1) is 9.63. The van der Waals surface area contributed by atoms with Crippen molar-refractivity contribution < 1.29 is 0 Å². The van der Waals surface area contributed by atoms with E-state index in [4.69, 9.17) is 0 Å². The van der Waals surface area contributed by atoms with E-state index in [0.29, 0.717) is 0 Å². The Labute approximate surface area is 130 Å². The molecule has 0 aliphatic carbocycles. The average molecular weight is 348 g/mol. The van der Waals surface area contributed by atoms with E-state index < -0.39 is 0 Å². The van der Waals surface area contributed by atoms with Gasteiger partial charge in [-0.1, -0.05) is 36.0 Å². The third-order valence-corrected chi connectivity index (χ3v) is 4.93. The Kier molecular flexibility index (Phi) is 3.81. The van der Waals surface area contributed by atoms with Crippen LogP contribution in [0.4, 0.5) is 0 Å². The highest BCUT2D eigenvalue weighted by Crippen LogP contribution is 2.25. The molecule has 3 nitrogen and oxygen atoms in total. The molecule has 0 spiro atoms. The van der Waals surface area contributed by atoms with Crippen molar-refractivity contribution in [2.75, 3.05) is 0 Å². The molecule has 0 aliphatic heterocycles. The molecule has 0 atom stereocenters. The number of aromatic nitrogens is 3. The number of pyridine rings is 1. The lowest BCUT2D eigenvalue weighted by Gasteiger charge is -2.02. The Balaban J connectivity index is 1.83. The summed E-state index contributed by atoms with van der Waals surface area (Å²) in [5.41, 5.74) is 5.35. The van der Waals surface area contributed by atoms with Crippen LogP contribution < -0.4 is 0 Å². The predicted molar refractivity (Wildman–Crippen MR) is 87.1 cm³/mol. The van der Waals surface area contributed by atoms with Gasteiger partial charge in [-0.25, -0.2) is 9.97 Å². The number of rotatable bonds is 3. The third-order valence-electron chi connectivity index (χ3n) is 3.21. The van der Waals surface area contributed by atoms with Gasteiger partial charge in [-0.2, -0.15) is 0 Å². The van der Waals surface area contributed by atoms with Gasteiger partial charge in [0, 0.05) is 10.2 Å². The third kappa shape index (κ3) is 2.74. The van der Waals surface area contributed by atoms with Gasteiger partial charge in [-0.05, 0) is 47.0 Å². The van der Waals surface area contributed by atoms with Gasteiger partial charge < -0.3 is 4.98 Å². The maximum absolute atomic E-state index is 4.53. The lowest BCUT2D eigenvalue weighted by Crippen LogP contribution is -1.86. The highest BCUT2D eigenvalue weighted by molar-refractivity contribution is 9.10. The number of hydrogen-bond acceptors (Lipinski definition) is 3.